The minimum absolute atomic E-state index is 0.0249. The topological polar surface area (TPSA) is 37.4 Å². The van der Waals surface area contributed by atoms with E-state index in [2.05, 4.69) is 6.07 Å². The highest BCUT2D eigenvalue weighted by Gasteiger charge is 2.33. The Bertz CT molecular complexity index is 487. The number of nitrogens with zero attached hydrogens (tertiary/aromatic N) is 1. The van der Waals surface area contributed by atoms with Crippen molar-refractivity contribution in [2.45, 2.75) is 40.0 Å². The molecule has 1 aromatic carbocycles. The molecule has 2 rings (SSSR count). The highest BCUT2D eigenvalue weighted by molar-refractivity contribution is 6.08. The lowest BCUT2D eigenvalue weighted by Gasteiger charge is -2.32. The molecule has 102 valence electrons. The lowest BCUT2D eigenvalue weighted by atomic mass is 9.91. The molecule has 0 N–H and O–H groups in total. The molecule has 1 aliphatic heterocycles. The van der Waals surface area contributed by atoms with Gasteiger partial charge in [-0.3, -0.25) is 9.59 Å². The van der Waals surface area contributed by atoms with E-state index >= 15 is 0 Å². The molecule has 1 aliphatic rings. The first-order chi connectivity index (χ1) is 9.02. The van der Waals surface area contributed by atoms with Crippen LogP contribution in [0.3, 0.4) is 0 Å². The van der Waals surface area contributed by atoms with E-state index in [1.54, 1.807) is 4.90 Å². The van der Waals surface area contributed by atoms with Gasteiger partial charge in [-0.05, 0) is 49.9 Å². The molecule has 3 nitrogen and oxygen atoms in total. The van der Waals surface area contributed by atoms with Crippen LogP contribution >= 0.6 is 0 Å². The number of carbonyl (C=O) groups excluding carboxylic acids is 2. The number of anilines is 1. The third-order valence-electron chi connectivity index (χ3n) is 3.69. The Kier molecular flexibility index (Phi) is 4.03. The van der Waals surface area contributed by atoms with E-state index in [9.17, 15) is 9.59 Å². The number of Topliss-reactive ketones (excluding diaryl/α,β-unsaturated/α-hetero) is 1. The highest BCUT2D eigenvalue weighted by Crippen LogP contribution is 2.27. The first-order valence-corrected chi connectivity index (χ1v) is 6.95. The SMILES string of the molecule is CCC(=O)[C@H]1CCCN(c2cc(C)cc(C)c2)C1=O. The van der Waals surface area contributed by atoms with Gasteiger partial charge in [-0.15, -0.1) is 0 Å². The number of carbonyl (C=O) groups is 2. The third-order valence-corrected chi connectivity index (χ3v) is 3.69. The van der Waals surface area contributed by atoms with Gasteiger partial charge >= 0.3 is 0 Å². The summed E-state index contributed by atoms with van der Waals surface area (Å²) in [5, 5.41) is 0. The standard InChI is InChI=1S/C16H21NO2/c1-4-15(18)14-6-5-7-17(16(14)19)13-9-11(2)8-12(3)10-13/h8-10,14H,4-7H2,1-3H3/t14-/m1/s1. The second-order valence-corrected chi connectivity index (χ2v) is 5.35. The fourth-order valence-corrected chi connectivity index (χ4v) is 2.78. The molecule has 0 spiro atoms. The molecule has 1 fully saturated rings. The van der Waals surface area contributed by atoms with Crippen LogP contribution < -0.4 is 4.90 Å². The Hall–Kier alpha value is -1.64. The molecule has 0 bridgehead atoms. The van der Waals surface area contributed by atoms with Crippen molar-refractivity contribution in [3.63, 3.8) is 0 Å². The smallest absolute Gasteiger partial charge is 0.237 e. The number of hydrogen-bond acceptors (Lipinski definition) is 2. The van der Waals surface area contributed by atoms with Crippen LogP contribution in [0.4, 0.5) is 5.69 Å². The van der Waals surface area contributed by atoms with Crippen molar-refractivity contribution in [2.24, 2.45) is 5.92 Å². The van der Waals surface area contributed by atoms with E-state index in [0.29, 0.717) is 12.8 Å². The van der Waals surface area contributed by atoms with E-state index in [0.717, 1.165) is 29.8 Å². The van der Waals surface area contributed by atoms with Crippen molar-refractivity contribution < 1.29 is 9.59 Å². The van der Waals surface area contributed by atoms with Crippen LogP contribution in [0.25, 0.3) is 0 Å². The maximum absolute atomic E-state index is 12.5. The molecule has 0 unspecified atom stereocenters. The molecule has 0 aliphatic carbocycles. The molecule has 1 heterocycles. The quantitative estimate of drug-likeness (QED) is 0.782. The molecule has 0 saturated carbocycles. The maximum Gasteiger partial charge on any atom is 0.237 e. The molecule has 0 aromatic heterocycles. The Morgan fingerprint density at radius 1 is 1.26 bits per heavy atom. The molecule has 3 heteroatoms. The molecule has 1 aromatic rings. The predicted molar refractivity (Wildman–Crippen MR) is 76.3 cm³/mol. The van der Waals surface area contributed by atoms with E-state index in [1.807, 2.05) is 32.9 Å². The van der Waals surface area contributed by atoms with Crippen LogP contribution in [0.2, 0.25) is 0 Å². The molecule has 1 saturated heterocycles. The molecule has 0 radical (unpaired) electrons. The van der Waals surface area contributed by atoms with Gasteiger partial charge in [0.05, 0.1) is 5.92 Å². The third kappa shape index (κ3) is 2.86. The van der Waals surface area contributed by atoms with Crippen LogP contribution in [0.1, 0.15) is 37.3 Å². The lowest BCUT2D eigenvalue weighted by Crippen LogP contribution is -2.44. The number of hydrogen-bond donors (Lipinski definition) is 0. The summed E-state index contributed by atoms with van der Waals surface area (Å²) in [4.78, 5) is 26.1. The summed E-state index contributed by atoms with van der Waals surface area (Å²) in [6.07, 6.45) is 2.04. The number of piperidine rings is 1. The van der Waals surface area contributed by atoms with Crippen molar-refractivity contribution in [2.75, 3.05) is 11.4 Å². The second-order valence-electron chi connectivity index (χ2n) is 5.35. The first-order valence-electron chi connectivity index (χ1n) is 6.95. The zero-order chi connectivity index (χ0) is 14.0. The van der Waals surface area contributed by atoms with Gasteiger partial charge in [0.2, 0.25) is 5.91 Å². The molecule has 1 amide bonds. The van der Waals surface area contributed by atoms with Gasteiger partial charge in [0.1, 0.15) is 5.78 Å². The first kappa shape index (κ1) is 13.8. The number of aryl methyl sites for hydroxylation is 2. The minimum atomic E-state index is -0.431. The second kappa shape index (κ2) is 5.55. The van der Waals surface area contributed by atoms with Crippen molar-refractivity contribution in [3.8, 4) is 0 Å². The van der Waals surface area contributed by atoms with Crippen molar-refractivity contribution in [1.82, 2.24) is 0 Å². The van der Waals surface area contributed by atoms with E-state index < -0.39 is 5.92 Å². The molecular weight excluding hydrogens is 238 g/mol. The maximum atomic E-state index is 12.5. The van der Waals surface area contributed by atoms with Gasteiger partial charge in [-0.2, -0.15) is 0 Å². The Balaban J connectivity index is 2.29. The van der Waals surface area contributed by atoms with Crippen LogP contribution in [0, 0.1) is 19.8 Å². The summed E-state index contributed by atoms with van der Waals surface area (Å²) in [7, 11) is 0. The van der Waals surface area contributed by atoms with Crippen LogP contribution in [-0.4, -0.2) is 18.2 Å². The summed E-state index contributed by atoms with van der Waals surface area (Å²) < 4.78 is 0. The fourth-order valence-electron chi connectivity index (χ4n) is 2.78. The zero-order valence-corrected chi connectivity index (χ0v) is 11.9. The summed E-state index contributed by atoms with van der Waals surface area (Å²) in [6.45, 7) is 6.60. The Morgan fingerprint density at radius 3 is 2.47 bits per heavy atom. The van der Waals surface area contributed by atoms with Crippen LogP contribution in [-0.2, 0) is 9.59 Å². The van der Waals surface area contributed by atoms with Gasteiger partial charge in [-0.25, -0.2) is 0 Å². The van der Waals surface area contributed by atoms with Gasteiger partial charge in [0, 0.05) is 18.7 Å². The van der Waals surface area contributed by atoms with Gasteiger partial charge < -0.3 is 4.90 Å². The fraction of sp³-hybridized carbons (Fsp3) is 0.500. The summed E-state index contributed by atoms with van der Waals surface area (Å²) in [6, 6.07) is 6.13. The normalized spacial score (nSPS) is 19.6. The Morgan fingerprint density at radius 2 is 1.89 bits per heavy atom. The average Bonchev–Trinajstić information content (AvgIpc) is 2.37. The summed E-state index contributed by atoms with van der Waals surface area (Å²) in [5.41, 5.74) is 3.22. The number of rotatable bonds is 3. The predicted octanol–water partition coefficient (Wildman–Crippen LogP) is 3.03. The largest absolute Gasteiger partial charge is 0.312 e. The average molecular weight is 259 g/mol. The highest BCUT2D eigenvalue weighted by atomic mass is 16.2. The van der Waals surface area contributed by atoms with Crippen molar-refractivity contribution in [3.05, 3.63) is 29.3 Å². The van der Waals surface area contributed by atoms with Crippen LogP contribution in [0.5, 0.6) is 0 Å². The minimum Gasteiger partial charge on any atom is -0.312 e. The molecule has 1 atom stereocenters. The summed E-state index contributed by atoms with van der Waals surface area (Å²) >= 11 is 0. The van der Waals surface area contributed by atoms with E-state index in [4.69, 9.17) is 0 Å². The van der Waals surface area contributed by atoms with E-state index in [-0.39, 0.29) is 11.7 Å². The van der Waals surface area contributed by atoms with E-state index in [1.165, 1.54) is 0 Å². The Labute approximate surface area is 114 Å². The lowest BCUT2D eigenvalue weighted by molar-refractivity contribution is -0.133. The van der Waals surface area contributed by atoms with Crippen molar-refractivity contribution in [1.29, 1.82) is 0 Å². The van der Waals surface area contributed by atoms with Gasteiger partial charge in [-0.1, -0.05) is 13.0 Å². The van der Waals surface area contributed by atoms with Crippen LogP contribution in [0.15, 0.2) is 18.2 Å². The number of amides is 1. The number of benzene rings is 1. The molecular formula is C16H21NO2. The monoisotopic (exact) mass is 259 g/mol. The zero-order valence-electron chi connectivity index (χ0n) is 11.9. The van der Waals surface area contributed by atoms with Gasteiger partial charge in [0.15, 0.2) is 0 Å². The van der Waals surface area contributed by atoms with Crippen molar-refractivity contribution >= 4 is 17.4 Å². The number of ketones is 1. The summed E-state index contributed by atoms with van der Waals surface area (Å²) in [5.74, 6) is -0.387. The molecule has 19 heavy (non-hydrogen) atoms. The van der Waals surface area contributed by atoms with Gasteiger partial charge in [0.25, 0.3) is 0 Å².